The van der Waals surface area contributed by atoms with Gasteiger partial charge in [0, 0.05) is 11.6 Å². The first-order valence-corrected chi connectivity index (χ1v) is 5.24. The SMILES string of the molecule is C=CC(=O)C1=CC(=O)c2cccc(OC)c2C1=O. The molecule has 18 heavy (non-hydrogen) atoms. The third kappa shape index (κ3) is 1.68. The first kappa shape index (κ1) is 12.0. The van der Waals surface area contributed by atoms with Crippen molar-refractivity contribution < 1.29 is 19.1 Å². The lowest BCUT2D eigenvalue weighted by molar-refractivity contribution is -0.111. The van der Waals surface area contributed by atoms with E-state index in [1.54, 1.807) is 12.1 Å². The van der Waals surface area contributed by atoms with Crippen molar-refractivity contribution in [3.63, 3.8) is 0 Å². The summed E-state index contributed by atoms with van der Waals surface area (Å²) in [7, 11) is 1.40. The van der Waals surface area contributed by atoms with E-state index in [0.717, 1.165) is 12.2 Å². The first-order chi connectivity index (χ1) is 8.60. The van der Waals surface area contributed by atoms with Crippen LogP contribution in [0.4, 0.5) is 0 Å². The Balaban J connectivity index is 2.66. The van der Waals surface area contributed by atoms with Crippen LogP contribution in [0.1, 0.15) is 20.7 Å². The van der Waals surface area contributed by atoms with Crippen molar-refractivity contribution in [2.45, 2.75) is 0 Å². The molecule has 90 valence electrons. The zero-order valence-electron chi connectivity index (χ0n) is 9.73. The van der Waals surface area contributed by atoms with Crippen LogP contribution in [-0.2, 0) is 4.79 Å². The third-order valence-electron chi connectivity index (χ3n) is 2.71. The zero-order chi connectivity index (χ0) is 13.3. The average Bonchev–Trinajstić information content (AvgIpc) is 2.41. The van der Waals surface area contributed by atoms with Crippen molar-refractivity contribution in [2.24, 2.45) is 0 Å². The molecule has 4 heteroatoms. The van der Waals surface area contributed by atoms with E-state index in [9.17, 15) is 14.4 Å². The molecule has 0 atom stereocenters. The number of rotatable bonds is 3. The van der Waals surface area contributed by atoms with Gasteiger partial charge < -0.3 is 4.74 Å². The number of hydrogen-bond donors (Lipinski definition) is 0. The Bertz CT molecular complexity index is 608. The van der Waals surface area contributed by atoms with Crippen molar-refractivity contribution >= 4 is 17.3 Å². The van der Waals surface area contributed by atoms with E-state index < -0.39 is 11.6 Å². The van der Waals surface area contributed by atoms with E-state index in [4.69, 9.17) is 4.74 Å². The number of benzene rings is 1. The number of Topliss-reactive ketones (excluding diaryl/α,β-unsaturated/α-hetero) is 1. The van der Waals surface area contributed by atoms with Crippen LogP contribution in [0.25, 0.3) is 0 Å². The van der Waals surface area contributed by atoms with Gasteiger partial charge in [-0.1, -0.05) is 18.7 Å². The van der Waals surface area contributed by atoms with Gasteiger partial charge >= 0.3 is 0 Å². The summed E-state index contributed by atoms with van der Waals surface area (Å²) in [5.74, 6) is -1.17. The molecular weight excluding hydrogens is 232 g/mol. The summed E-state index contributed by atoms with van der Waals surface area (Å²) >= 11 is 0. The van der Waals surface area contributed by atoms with Crippen LogP contribution in [-0.4, -0.2) is 24.5 Å². The molecule has 1 aliphatic rings. The Labute approximate surface area is 104 Å². The lowest BCUT2D eigenvalue weighted by Crippen LogP contribution is -2.21. The molecule has 0 aliphatic heterocycles. The van der Waals surface area contributed by atoms with Crippen LogP contribution in [0.5, 0.6) is 5.75 Å². The molecule has 2 rings (SSSR count). The van der Waals surface area contributed by atoms with Crippen LogP contribution in [0.3, 0.4) is 0 Å². The molecule has 0 aromatic heterocycles. The molecule has 1 aromatic rings. The number of carbonyl (C=O) groups excluding carboxylic acids is 3. The van der Waals surface area contributed by atoms with Gasteiger partial charge in [0.05, 0.1) is 18.2 Å². The normalized spacial score (nSPS) is 13.7. The number of methoxy groups -OCH3 is 1. The number of hydrogen-bond acceptors (Lipinski definition) is 4. The molecule has 4 nitrogen and oxygen atoms in total. The summed E-state index contributed by atoms with van der Waals surface area (Å²) in [6, 6.07) is 4.73. The maximum Gasteiger partial charge on any atom is 0.201 e. The highest BCUT2D eigenvalue weighted by atomic mass is 16.5. The van der Waals surface area contributed by atoms with Crippen molar-refractivity contribution in [3.8, 4) is 5.75 Å². The fourth-order valence-electron chi connectivity index (χ4n) is 1.84. The molecule has 0 bridgehead atoms. The number of allylic oxidation sites excluding steroid dienone is 3. The van der Waals surface area contributed by atoms with Gasteiger partial charge in [-0.25, -0.2) is 0 Å². The Hall–Kier alpha value is -2.49. The van der Waals surface area contributed by atoms with Gasteiger partial charge in [-0.3, -0.25) is 14.4 Å². The molecule has 1 aliphatic carbocycles. The monoisotopic (exact) mass is 242 g/mol. The van der Waals surface area contributed by atoms with E-state index in [1.807, 2.05) is 0 Å². The van der Waals surface area contributed by atoms with Gasteiger partial charge in [0.15, 0.2) is 11.6 Å². The second-order valence-corrected chi connectivity index (χ2v) is 3.70. The Kier molecular flexibility index (Phi) is 2.93. The van der Waals surface area contributed by atoms with Crippen LogP contribution < -0.4 is 4.74 Å². The average molecular weight is 242 g/mol. The first-order valence-electron chi connectivity index (χ1n) is 5.24. The maximum absolute atomic E-state index is 12.2. The molecule has 1 aromatic carbocycles. The summed E-state index contributed by atoms with van der Waals surface area (Å²) in [6.07, 6.45) is 2.06. The van der Waals surface area contributed by atoms with Crippen LogP contribution in [0.15, 0.2) is 42.5 Å². The number of ether oxygens (including phenoxy) is 1. The summed E-state index contributed by atoms with van der Waals surface area (Å²) in [4.78, 5) is 35.6. The molecule has 0 heterocycles. The molecule has 0 N–H and O–H groups in total. The second-order valence-electron chi connectivity index (χ2n) is 3.70. The minimum absolute atomic E-state index is 0.137. The lowest BCUT2D eigenvalue weighted by atomic mass is 9.87. The van der Waals surface area contributed by atoms with Gasteiger partial charge in [0.2, 0.25) is 5.78 Å². The topological polar surface area (TPSA) is 60.4 Å². The van der Waals surface area contributed by atoms with Gasteiger partial charge in [-0.2, -0.15) is 0 Å². The van der Waals surface area contributed by atoms with Crippen LogP contribution in [0, 0.1) is 0 Å². The smallest absolute Gasteiger partial charge is 0.201 e. The third-order valence-corrected chi connectivity index (χ3v) is 2.71. The van der Waals surface area contributed by atoms with E-state index in [-0.39, 0.29) is 28.2 Å². The second kappa shape index (κ2) is 4.41. The van der Waals surface area contributed by atoms with E-state index >= 15 is 0 Å². The number of fused-ring (bicyclic) bond motifs is 1. The zero-order valence-corrected chi connectivity index (χ0v) is 9.73. The Morgan fingerprint density at radius 1 is 1.33 bits per heavy atom. The summed E-state index contributed by atoms with van der Waals surface area (Å²) in [6.45, 7) is 3.31. The lowest BCUT2D eigenvalue weighted by Gasteiger charge is -2.16. The molecule has 0 unspecified atom stereocenters. The van der Waals surface area contributed by atoms with Crippen molar-refractivity contribution in [1.29, 1.82) is 0 Å². The van der Waals surface area contributed by atoms with Crippen molar-refractivity contribution in [1.82, 2.24) is 0 Å². The maximum atomic E-state index is 12.2. The highest BCUT2D eigenvalue weighted by Gasteiger charge is 2.30. The largest absolute Gasteiger partial charge is 0.496 e. The minimum Gasteiger partial charge on any atom is -0.496 e. The quantitative estimate of drug-likeness (QED) is 0.598. The summed E-state index contributed by atoms with van der Waals surface area (Å²) in [5, 5.41) is 0. The van der Waals surface area contributed by atoms with E-state index in [0.29, 0.717) is 0 Å². The minimum atomic E-state index is -0.565. The molecule has 0 saturated heterocycles. The van der Waals surface area contributed by atoms with Gasteiger partial charge in [-0.15, -0.1) is 0 Å². The molecule has 0 fully saturated rings. The summed E-state index contributed by atoms with van der Waals surface area (Å²) in [5.41, 5.74) is 0.213. The fourth-order valence-corrected chi connectivity index (χ4v) is 1.84. The van der Waals surface area contributed by atoms with Crippen LogP contribution >= 0.6 is 0 Å². The molecular formula is C14H10O4. The molecule has 0 amide bonds. The van der Waals surface area contributed by atoms with Crippen molar-refractivity contribution in [3.05, 3.63) is 53.6 Å². The Morgan fingerprint density at radius 2 is 2.06 bits per heavy atom. The standard InChI is InChI=1S/C14H10O4/c1-3-10(15)9-7-11(16)8-5-4-6-12(18-2)13(8)14(9)17/h3-7H,1H2,2H3. The molecule has 0 spiro atoms. The highest BCUT2D eigenvalue weighted by molar-refractivity contribution is 6.37. The summed E-state index contributed by atoms with van der Waals surface area (Å²) < 4.78 is 5.06. The molecule has 0 saturated carbocycles. The Morgan fingerprint density at radius 3 is 2.67 bits per heavy atom. The van der Waals surface area contributed by atoms with Gasteiger partial charge in [0.1, 0.15) is 5.75 Å². The van der Waals surface area contributed by atoms with E-state index in [1.165, 1.54) is 13.2 Å². The van der Waals surface area contributed by atoms with E-state index in [2.05, 4.69) is 6.58 Å². The predicted octanol–water partition coefficient (Wildman–Crippen LogP) is 1.76. The van der Waals surface area contributed by atoms with Crippen LogP contribution in [0.2, 0.25) is 0 Å². The number of ketones is 3. The molecule has 0 radical (unpaired) electrons. The van der Waals surface area contributed by atoms with Crippen molar-refractivity contribution in [2.75, 3.05) is 7.11 Å². The predicted molar refractivity (Wildman–Crippen MR) is 64.9 cm³/mol. The van der Waals surface area contributed by atoms with Gasteiger partial charge in [0.25, 0.3) is 0 Å². The number of carbonyl (C=O) groups is 3. The highest BCUT2D eigenvalue weighted by Crippen LogP contribution is 2.29. The fraction of sp³-hybridized carbons (Fsp3) is 0.0714. The van der Waals surface area contributed by atoms with Gasteiger partial charge in [-0.05, 0) is 12.1 Å².